The molecule has 0 aliphatic carbocycles. The fourth-order valence-corrected chi connectivity index (χ4v) is 1.07. The largest absolute Gasteiger partial charge is 0.291 e. The van der Waals surface area contributed by atoms with Crippen molar-refractivity contribution in [3.63, 3.8) is 0 Å². The third kappa shape index (κ3) is 1.52. The second-order valence-electron chi connectivity index (χ2n) is 2.19. The Hall–Kier alpha value is -0.800. The lowest BCUT2D eigenvalue weighted by atomic mass is 10.6. The van der Waals surface area contributed by atoms with Crippen LogP contribution in [0.1, 0.15) is 5.69 Å². The van der Waals surface area contributed by atoms with Crippen molar-refractivity contribution in [1.29, 1.82) is 0 Å². The van der Waals surface area contributed by atoms with Crippen LogP contribution in [0.5, 0.6) is 0 Å². The van der Waals surface area contributed by atoms with E-state index in [0.29, 0.717) is 11.7 Å². The molecule has 0 saturated heterocycles. The minimum absolute atomic E-state index is 0. The predicted molar refractivity (Wildman–Crippen MR) is 49.8 cm³/mol. The first-order chi connectivity index (χ1) is 5.40. The quantitative estimate of drug-likeness (QED) is 0.664. The second kappa shape index (κ2) is 3.74. The van der Waals surface area contributed by atoms with Crippen molar-refractivity contribution in [3.05, 3.63) is 30.4 Å². The first kappa shape index (κ1) is 9.29. The minimum Gasteiger partial charge on any atom is -0.291 e. The number of hydrogen-bond acceptors (Lipinski definition) is 2. The number of nitrogens with zero attached hydrogens (tertiary/aromatic N) is 3. The third-order valence-electron chi connectivity index (χ3n) is 1.42. The van der Waals surface area contributed by atoms with Gasteiger partial charge in [0.15, 0.2) is 0 Å². The summed E-state index contributed by atoms with van der Waals surface area (Å²) in [7, 11) is 0. The van der Waals surface area contributed by atoms with Gasteiger partial charge in [-0.15, -0.1) is 24.0 Å². The van der Waals surface area contributed by atoms with Gasteiger partial charge in [-0.25, -0.2) is 9.97 Å². The van der Waals surface area contributed by atoms with Crippen LogP contribution in [-0.4, -0.2) is 14.4 Å². The van der Waals surface area contributed by atoms with Crippen LogP contribution in [0.15, 0.2) is 24.7 Å². The highest BCUT2D eigenvalue weighted by molar-refractivity contribution is 6.16. The number of alkyl halides is 1. The van der Waals surface area contributed by atoms with Gasteiger partial charge in [-0.05, 0) is 6.07 Å². The molecule has 0 amide bonds. The van der Waals surface area contributed by atoms with Crippen molar-refractivity contribution >= 4 is 29.8 Å². The molecule has 2 aromatic rings. The highest BCUT2D eigenvalue weighted by Gasteiger charge is 1.98. The van der Waals surface area contributed by atoms with E-state index >= 15 is 0 Å². The molecule has 0 aromatic carbocycles. The second-order valence-corrected chi connectivity index (χ2v) is 2.46. The Balaban J connectivity index is 0.000000720. The molecule has 2 heterocycles. The van der Waals surface area contributed by atoms with Crippen molar-refractivity contribution in [2.75, 3.05) is 0 Å². The molecule has 0 saturated carbocycles. The summed E-state index contributed by atoms with van der Waals surface area (Å²) in [6, 6.07) is 1.85. The van der Waals surface area contributed by atoms with Crippen LogP contribution >= 0.6 is 24.0 Å². The Morgan fingerprint density at radius 1 is 1.50 bits per heavy atom. The van der Waals surface area contributed by atoms with Crippen LogP contribution in [0.25, 0.3) is 5.78 Å². The summed E-state index contributed by atoms with van der Waals surface area (Å²) in [6.45, 7) is 0. The Kier molecular flexibility index (Phi) is 2.89. The molecule has 0 spiro atoms. The molecule has 0 aliphatic heterocycles. The van der Waals surface area contributed by atoms with Gasteiger partial charge in [-0.3, -0.25) is 4.40 Å². The smallest absolute Gasteiger partial charge is 0.233 e. The summed E-state index contributed by atoms with van der Waals surface area (Å²) in [5.41, 5.74) is 0.852. The maximum atomic E-state index is 5.59. The zero-order valence-corrected chi connectivity index (χ0v) is 7.72. The maximum Gasteiger partial charge on any atom is 0.233 e. The minimum atomic E-state index is 0. The molecular formula is C7H7Cl2N3. The van der Waals surface area contributed by atoms with Crippen LogP contribution < -0.4 is 0 Å². The predicted octanol–water partition coefficient (Wildman–Crippen LogP) is 1.89. The molecule has 0 aliphatic rings. The molecule has 0 atom stereocenters. The standard InChI is InChI=1S/C7H6ClN3.ClH/c8-4-6-5-11-3-1-2-9-7(11)10-6;/h1-3,5H,4H2;1H. The lowest BCUT2D eigenvalue weighted by Crippen LogP contribution is -1.82. The molecule has 5 heteroatoms. The third-order valence-corrected chi connectivity index (χ3v) is 1.70. The normalized spacial score (nSPS) is 9.75. The van der Waals surface area contributed by atoms with Gasteiger partial charge in [0, 0.05) is 18.6 Å². The number of hydrogen-bond donors (Lipinski definition) is 0. The molecule has 0 N–H and O–H groups in total. The van der Waals surface area contributed by atoms with Crippen molar-refractivity contribution in [1.82, 2.24) is 14.4 Å². The number of aromatic nitrogens is 3. The summed E-state index contributed by atoms with van der Waals surface area (Å²) < 4.78 is 1.84. The Labute approximate surface area is 80.8 Å². The molecule has 0 fully saturated rings. The maximum absolute atomic E-state index is 5.59. The van der Waals surface area contributed by atoms with E-state index in [4.69, 9.17) is 11.6 Å². The van der Waals surface area contributed by atoms with Gasteiger partial charge in [0.25, 0.3) is 0 Å². The topological polar surface area (TPSA) is 30.2 Å². The Morgan fingerprint density at radius 3 is 3.00 bits per heavy atom. The monoisotopic (exact) mass is 203 g/mol. The fourth-order valence-electron chi connectivity index (χ4n) is 0.944. The van der Waals surface area contributed by atoms with E-state index in [-0.39, 0.29) is 12.4 Å². The van der Waals surface area contributed by atoms with E-state index in [2.05, 4.69) is 9.97 Å². The Morgan fingerprint density at radius 2 is 2.33 bits per heavy atom. The number of halogens is 2. The van der Waals surface area contributed by atoms with Crippen molar-refractivity contribution in [2.45, 2.75) is 5.88 Å². The SMILES string of the molecule is Cl.ClCc1cn2cccnc2n1. The summed E-state index contributed by atoms with van der Waals surface area (Å²) in [5.74, 6) is 1.13. The number of fused-ring (bicyclic) bond motifs is 1. The summed E-state index contributed by atoms with van der Waals surface area (Å²) in [6.07, 6.45) is 5.47. The summed E-state index contributed by atoms with van der Waals surface area (Å²) in [5, 5.41) is 0. The Bertz CT molecular complexity index is 338. The molecule has 0 radical (unpaired) electrons. The highest BCUT2D eigenvalue weighted by atomic mass is 35.5. The lowest BCUT2D eigenvalue weighted by Gasteiger charge is -1.85. The average Bonchev–Trinajstić information content (AvgIpc) is 2.46. The van der Waals surface area contributed by atoms with E-state index in [9.17, 15) is 0 Å². The van der Waals surface area contributed by atoms with Gasteiger partial charge in [0.05, 0.1) is 11.6 Å². The van der Waals surface area contributed by atoms with Crippen LogP contribution in [0.3, 0.4) is 0 Å². The molecule has 0 bridgehead atoms. The zero-order valence-electron chi connectivity index (χ0n) is 6.14. The average molecular weight is 204 g/mol. The molecule has 0 unspecified atom stereocenters. The van der Waals surface area contributed by atoms with Gasteiger partial charge >= 0.3 is 0 Å². The van der Waals surface area contributed by atoms with Crippen LogP contribution in [-0.2, 0) is 5.88 Å². The molecule has 64 valence electrons. The van der Waals surface area contributed by atoms with Crippen molar-refractivity contribution in [2.24, 2.45) is 0 Å². The number of rotatable bonds is 1. The molecule has 2 aromatic heterocycles. The molecule has 12 heavy (non-hydrogen) atoms. The van der Waals surface area contributed by atoms with Gasteiger partial charge in [0.1, 0.15) is 0 Å². The van der Waals surface area contributed by atoms with E-state index < -0.39 is 0 Å². The highest BCUT2D eigenvalue weighted by Crippen LogP contribution is 2.03. The van der Waals surface area contributed by atoms with Gasteiger partial charge in [0.2, 0.25) is 5.78 Å². The zero-order chi connectivity index (χ0) is 7.68. The van der Waals surface area contributed by atoms with E-state index in [0.717, 1.165) is 5.69 Å². The van der Waals surface area contributed by atoms with Gasteiger partial charge < -0.3 is 0 Å². The summed E-state index contributed by atoms with van der Waals surface area (Å²) >= 11 is 5.59. The lowest BCUT2D eigenvalue weighted by molar-refractivity contribution is 1.11. The molecule has 3 nitrogen and oxygen atoms in total. The van der Waals surface area contributed by atoms with Crippen molar-refractivity contribution in [3.8, 4) is 0 Å². The first-order valence-electron chi connectivity index (χ1n) is 3.25. The summed E-state index contributed by atoms with van der Waals surface area (Å²) in [4.78, 5) is 8.19. The first-order valence-corrected chi connectivity index (χ1v) is 3.78. The van der Waals surface area contributed by atoms with E-state index in [1.54, 1.807) is 6.20 Å². The van der Waals surface area contributed by atoms with Crippen molar-refractivity contribution < 1.29 is 0 Å². The fraction of sp³-hybridized carbons (Fsp3) is 0.143. The van der Waals surface area contributed by atoms with Crippen LogP contribution in [0.4, 0.5) is 0 Å². The van der Waals surface area contributed by atoms with Gasteiger partial charge in [-0.2, -0.15) is 0 Å². The van der Waals surface area contributed by atoms with Gasteiger partial charge in [-0.1, -0.05) is 0 Å². The molecular weight excluding hydrogens is 197 g/mol. The van der Waals surface area contributed by atoms with E-state index in [1.807, 2.05) is 22.9 Å². The van der Waals surface area contributed by atoms with Crippen LogP contribution in [0, 0.1) is 0 Å². The molecule has 2 rings (SSSR count). The van der Waals surface area contributed by atoms with E-state index in [1.165, 1.54) is 0 Å². The van der Waals surface area contributed by atoms with Crippen LogP contribution in [0.2, 0.25) is 0 Å². The number of imidazole rings is 1.